The molecule has 304 valence electrons. The molecule has 3 nitrogen and oxygen atoms in total. The molecule has 3 aromatic carbocycles. The van der Waals surface area contributed by atoms with Gasteiger partial charge in [0.25, 0.3) is 0 Å². The summed E-state index contributed by atoms with van der Waals surface area (Å²) >= 11 is 0. The molecule has 3 rings (SSSR count). The van der Waals surface area contributed by atoms with Gasteiger partial charge in [-0.15, -0.1) is 0 Å². The summed E-state index contributed by atoms with van der Waals surface area (Å²) in [6.45, 7) is 3.06. The number of aryl methyl sites for hydroxylation is 2. The summed E-state index contributed by atoms with van der Waals surface area (Å²) in [6, 6.07) is 8.09. The molecule has 0 amide bonds. The van der Waals surface area contributed by atoms with Crippen molar-refractivity contribution in [1.82, 2.24) is 0 Å². The molecule has 3 aromatic rings. The highest BCUT2D eigenvalue weighted by Crippen LogP contribution is 2.72. The van der Waals surface area contributed by atoms with Gasteiger partial charge in [-0.2, -0.15) is 83.1 Å². The minimum Gasteiger partial charge on any atom is -0.207 e. The van der Waals surface area contributed by atoms with Crippen molar-refractivity contribution in [1.29, 1.82) is 0 Å². The molecule has 54 heavy (non-hydrogen) atoms. The van der Waals surface area contributed by atoms with E-state index in [9.17, 15) is 78.7 Å². The van der Waals surface area contributed by atoms with Crippen LogP contribution in [0.1, 0.15) is 25.0 Å². The van der Waals surface area contributed by atoms with Crippen LogP contribution in [0.2, 0.25) is 0 Å². The lowest BCUT2D eigenvalue weighted by atomic mass is 9.91. The van der Waals surface area contributed by atoms with E-state index in [-0.39, 0.29) is 18.9 Å². The molecule has 0 aliphatic carbocycles. The standard InChI is InChI=1S/C30H21F19O3S2/c1-3-16-5-10-19(11-6-16)53(20-12-7-17(4-2)8-13-20,22-14-9-18(31)15-21(22)32)52-54(50,51)30(48,49)28(43,44)26(39,40)24(35,36)23(33,34)25(37,38)27(41,42)29(45,46)47/h5-15H,3-4H2,1-2H3. The van der Waals surface area contributed by atoms with Crippen LogP contribution in [0, 0.1) is 11.6 Å². The smallest absolute Gasteiger partial charge is 0.207 e. The van der Waals surface area contributed by atoms with Crippen LogP contribution in [0.25, 0.3) is 0 Å². The van der Waals surface area contributed by atoms with Crippen LogP contribution in [0.4, 0.5) is 83.4 Å². The fraction of sp³-hybridized carbons (Fsp3) is 0.400. The fourth-order valence-electron chi connectivity index (χ4n) is 4.53. The number of hydrogen-bond donors (Lipinski definition) is 0. The summed E-state index contributed by atoms with van der Waals surface area (Å²) in [5.41, 5.74) is 0.673. The molecule has 0 bridgehead atoms. The van der Waals surface area contributed by atoms with Crippen molar-refractivity contribution >= 4 is 20.4 Å². The maximum absolute atomic E-state index is 15.5. The maximum Gasteiger partial charge on any atom is 0.460 e. The van der Waals surface area contributed by atoms with Crippen LogP contribution in [0.15, 0.2) is 81.4 Å². The van der Waals surface area contributed by atoms with Crippen LogP contribution >= 0.6 is 10.3 Å². The molecule has 0 atom stereocenters. The van der Waals surface area contributed by atoms with Gasteiger partial charge in [-0.1, -0.05) is 38.1 Å². The van der Waals surface area contributed by atoms with Crippen molar-refractivity contribution < 1.29 is 95.5 Å². The van der Waals surface area contributed by atoms with Crippen LogP contribution in [0.3, 0.4) is 0 Å². The zero-order valence-electron chi connectivity index (χ0n) is 26.5. The van der Waals surface area contributed by atoms with E-state index in [1.165, 1.54) is 13.8 Å². The summed E-state index contributed by atoms with van der Waals surface area (Å²) in [6.07, 6.45) is -7.64. The van der Waals surface area contributed by atoms with Crippen molar-refractivity contribution in [2.75, 3.05) is 0 Å². The zero-order valence-corrected chi connectivity index (χ0v) is 28.1. The van der Waals surface area contributed by atoms with Gasteiger partial charge in [-0.25, -0.2) is 12.4 Å². The van der Waals surface area contributed by atoms with Crippen molar-refractivity contribution in [2.45, 2.75) is 88.3 Å². The third-order valence-corrected chi connectivity index (χ3v) is 13.0. The Bertz CT molecular complexity index is 1880. The number of alkyl halides is 17. The van der Waals surface area contributed by atoms with Gasteiger partial charge in [0, 0.05) is 15.9 Å². The molecule has 0 unspecified atom stereocenters. The highest BCUT2D eigenvalue weighted by atomic mass is 32.3. The summed E-state index contributed by atoms with van der Waals surface area (Å²) in [5.74, 6) is -56.3. The van der Waals surface area contributed by atoms with Crippen molar-refractivity contribution in [2.24, 2.45) is 0 Å². The van der Waals surface area contributed by atoms with E-state index in [0.29, 0.717) is 23.3 Å². The largest absolute Gasteiger partial charge is 0.460 e. The lowest BCUT2D eigenvalue weighted by molar-refractivity contribution is -0.458. The predicted octanol–water partition coefficient (Wildman–Crippen LogP) is 11.6. The minimum absolute atomic E-state index is 0.0334. The van der Waals surface area contributed by atoms with Gasteiger partial charge in [-0.05, 0) is 70.7 Å². The van der Waals surface area contributed by atoms with Gasteiger partial charge in [0.15, 0.2) is 0 Å². The number of benzene rings is 3. The van der Waals surface area contributed by atoms with Crippen LogP contribution in [-0.2, 0) is 26.6 Å². The average Bonchev–Trinajstić information content (AvgIpc) is 3.06. The van der Waals surface area contributed by atoms with Gasteiger partial charge in [0.2, 0.25) is 0 Å². The van der Waals surface area contributed by atoms with Gasteiger partial charge < -0.3 is 0 Å². The fourth-order valence-corrected chi connectivity index (χ4v) is 9.72. The van der Waals surface area contributed by atoms with Gasteiger partial charge in [0.05, 0.1) is 4.90 Å². The molecular formula is C30H21F19O3S2. The first-order valence-corrected chi connectivity index (χ1v) is 17.3. The van der Waals surface area contributed by atoms with Crippen molar-refractivity contribution in [3.63, 3.8) is 0 Å². The van der Waals surface area contributed by atoms with E-state index in [0.717, 1.165) is 48.5 Å². The first-order chi connectivity index (χ1) is 24.2. The minimum atomic E-state index is -9.07. The molecule has 0 fully saturated rings. The highest BCUT2D eigenvalue weighted by molar-refractivity contribution is 8.33. The first kappa shape index (κ1) is 45.0. The quantitative estimate of drug-likeness (QED) is 0.152. The lowest BCUT2D eigenvalue weighted by Crippen LogP contribution is -2.75. The Morgan fingerprint density at radius 2 is 0.852 bits per heavy atom. The molecule has 0 aromatic heterocycles. The molecule has 0 aliphatic heterocycles. The second kappa shape index (κ2) is 14.0. The number of halogens is 19. The predicted molar refractivity (Wildman–Crippen MR) is 151 cm³/mol. The van der Waals surface area contributed by atoms with Crippen LogP contribution < -0.4 is 0 Å². The summed E-state index contributed by atoms with van der Waals surface area (Å²) < 4.78 is 298. The Morgan fingerprint density at radius 1 is 0.500 bits per heavy atom. The van der Waals surface area contributed by atoms with Crippen molar-refractivity contribution in [3.8, 4) is 0 Å². The van der Waals surface area contributed by atoms with E-state index < -0.39 is 93.7 Å². The molecule has 0 spiro atoms. The highest BCUT2D eigenvalue weighted by Gasteiger charge is 2.96. The summed E-state index contributed by atoms with van der Waals surface area (Å²) in [4.78, 5) is -2.94. The number of rotatable bonds is 14. The second-order valence-corrected chi connectivity index (χ2v) is 15.6. The molecule has 0 N–H and O–H groups in total. The summed E-state index contributed by atoms with van der Waals surface area (Å²) in [5, 5.41) is -8.06. The van der Waals surface area contributed by atoms with E-state index in [2.05, 4.69) is 3.63 Å². The molecular weight excluding hydrogens is 833 g/mol. The van der Waals surface area contributed by atoms with Crippen molar-refractivity contribution in [3.05, 3.63) is 89.5 Å². The summed E-state index contributed by atoms with van der Waals surface area (Å²) in [7, 11) is -13.3. The molecule has 0 saturated heterocycles. The van der Waals surface area contributed by atoms with Crippen LogP contribution in [-0.4, -0.2) is 55.4 Å². The Hall–Kier alpha value is -3.41. The number of hydrogen-bond acceptors (Lipinski definition) is 3. The maximum atomic E-state index is 15.5. The van der Waals surface area contributed by atoms with E-state index in [1.54, 1.807) is 0 Å². The Balaban J connectivity index is 2.40. The van der Waals surface area contributed by atoms with Crippen LogP contribution in [0.5, 0.6) is 0 Å². The molecule has 0 saturated carbocycles. The van der Waals surface area contributed by atoms with Gasteiger partial charge in [-0.3, -0.25) is 0 Å². The molecule has 0 heterocycles. The molecule has 24 heteroatoms. The average molecular weight is 855 g/mol. The van der Waals surface area contributed by atoms with E-state index in [1.807, 2.05) is 0 Å². The normalized spacial score (nSPS) is 15.1. The second-order valence-electron chi connectivity index (χ2n) is 11.1. The van der Waals surface area contributed by atoms with Gasteiger partial charge >= 0.3 is 57.1 Å². The third-order valence-electron chi connectivity index (χ3n) is 7.73. The monoisotopic (exact) mass is 854 g/mol. The third kappa shape index (κ3) is 6.55. The van der Waals surface area contributed by atoms with E-state index in [4.69, 9.17) is 0 Å². The lowest BCUT2D eigenvalue weighted by Gasteiger charge is -2.44. The SMILES string of the molecule is CCc1ccc(S(OS(=O)(=O)C(F)(F)C(F)(F)C(F)(F)C(F)(F)C(F)(F)C(F)(F)C(F)(F)C(F)(F)F)(c2ccc(CC)cc2)c2ccc(F)cc2F)cc1. The molecule has 0 aliphatic rings. The Labute approximate surface area is 293 Å². The first-order valence-electron chi connectivity index (χ1n) is 14.3. The van der Waals surface area contributed by atoms with Gasteiger partial charge in [0.1, 0.15) is 11.6 Å². The zero-order chi connectivity index (χ0) is 41.9. The Morgan fingerprint density at radius 3 is 1.19 bits per heavy atom. The van der Waals surface area contributed by atoms with E-state index >= 15 is 13.2 Å². The molecule has 0 radical (unpaired) electrons. The topological polar surface area (TPSA) is 43.4 Å². The Kier molecular flexibility index (Phi) is 11.6.